The molecule has 0 fully saturated rings. The van der Waals surface area contributed by atoms with Crippen LogP contribution < -0.4 is 0 Å². The minimum absolute atomic E-state index is 1.19. The average Bonchev–Trinajstić information content (AvgIpc) is 1.79. The molecular weight excluding hydrogens is 279 g/mol. The van der Waals surface area contributed by atoms with Gasteiger partial charge in [0.25, 0.3) is 0 Å². The maximum atomic E-state index is 11.6. The average molecular weight is 281 g/mol. The van der Waals surface area contributed by atoms with Gasteiger partial charge in [0, 0.05) is 0 Å². The summed E-state index contributed by atoms with van der Waals surface area (Å²) in [6.45, 7) is -1.19. The highest BCUT2D eigenvalue weighted by molar-refractivity contribution is 7.87. The molecule has 0 aliphatic heterocycles. The second-order valence-electron chi connectivity index (χ2n) is 1.78. The summed E-state index contributed by atoms with van der Waals surface area (Å²) in [4.78, 5) is 0. The third kappa shape index (κ3) is 5.11. The predicted octanol–water partition coefficient (Wildman–Crippen LogP) is 2.22. The Morgan fingerprint density at radius 2 is 1.54 bits per heavy atom. The molecule has 0 rings (SSSR count). The predicted molar refractivity (Wildman–Crippen MR) is 41.2 cm³/mol. The maximum absolute atomic E-state index is 11.6. The minimum atomic E-state index is -5.68. The number of halogens is 6. The molecule has 0 aromatic carbocycles. The van der Waals surface area contributed by atoms with E-state index in [1.54, 1.807) is 0 Å². The molecule has 0 aromatic rings. The molecule has 0 aromatic heterocycles. The van der Waals surface area contributed by atoms with Crippen molar-refractivity contribution < 1.29 is 25.8 Å². The van der Waals surface area contributed by atoms with Crippen LogP contribution in [0.25, 0.3) is 0 Å². The largest absolute Gasteiger partial charge is 0.523 e. The molecule has 10 heteroatoms. The zero-order chi connectivity index (χ0) is 10.9. The van der Waals surface area contributed by atoms with Crippen molar-refractivity contribution in [3.63, 3.8) is 0 Å². The van der Waals surface area contributed by atoms with E-state index in [0.717, 1.165) is 0 Å². The van der Waals surface area contributed by atoms with E-state index in [1.807, 2.05) is 0 Å². The lowest BCUT2D eigenvalue weighted by atomic mass is 10.9. The van der Waals surface area contributed by atoms with Crippen LogP contribution in [0.3, 0.4) is 0 Å². The maximum Gasteiger partial charge on any atom is 0.523 e. The molecule has 0 heterocycles. The van der Waals surface area contributed by atoms with E-state index in [1.165, 1.54) is 0 Å². The van der Waals surface area contributed by atoms with Gasteiger partial charge in [0.1, 0.15) is 6.61 Å². The lowest BCUT2D eigenvalue weighted by molar-refractivity contribution is -0.0540. The fraction of sp³-hybridized carbons (Fsp3) is 1.00. The molecule has 0 aliphatic rings. The highest BCUT2D eigenvalue weighted by Crippen LogP contribution is 2.30. The second kappa shape index (κ2) is 3.98. The van der Waals surface area contributed by atoms with Gasteiger partial charge in [0.2, 0.25) is 3.79 Å². The smallest absolute Gasteiger partial charge is 0.259 e. The van der Waals surface area contributed by atoms with E-state index in [9.17, 15) is 21.6 Å². The van der Waals surface area contributed by atoms with Crippen molar-refractivity contribution in [2.45, 2.75) is 9.30 Å². The highest BCUT2D eigenvalue weighted by atomic mass is 35.6. The zero-order valence-electron chi connectivity index (χ0n) is 5.61. The van der Waals surface area contributed by atoms with Crippen LogP contribution in [0.5, 0.6) is 0 Å². The first kappa shape index (κ1) is 13.6. The van der Waals surface area contributed by atoms with Crippen LogP contribution in [0.4, 0.5) is 13.2 Å². The van der Waals surface area contributed by atoms with Crippen LogP contribution in [0.2, 0.25) is 0 Å². The molecule has 3 nitrogen and oxygen atoms in total. The van der Waals surface area contributed by atoms with Gasteiger partial charge in [0.05, 0.1) is 0 Å². The summed E-state index contributed by atoms with van der Waals surface area (Å²) in [5.41, 5.74) is -5.51. The first-order valence-corrected chi connectivity index (χ1v) is 5.02. The first-order chi connectivity index (χ1) is 5.46. The zero-order valence-corrected chi connectivity index (χ0v) is 8.69. The Morgan fingerprint density at radius 1 is 1.15 bits per heavy atom. The van der Waals surface area contributed by atoms with Gasteiger partial charge in [-0.3, -0.25) is 4.18 Å². The summed E-state index contributed by atoms with van der Waals surface area (Å²) < 4.78 is 56.3. The Labute approximate surface area is 86.8 Å². The van der Waals surface area contributed by atoms with Crippen molar-refractivity contribution >= 4 is 44.9 Å². The molecule has 0 saturated carbocycles. The summed E-state index contributed by atoms with van der Waals surface area (Å²) in [6, 6.07) is 0. The van der Waals surface area contributed by atoms with Gasteiger partial charge in [-0.2, -0.15) is 21.6 Å². The van der Waals surface area contributed by atoms with E-state index in [0.29, 0.717) is 0 Å². The number of rotatable bonds is 2. The van der Waals surface area contributed by atoms with Crippen LogP contribution >= 0.6 is 34.8 Å². The lowest BCUT2D eigenvalue weighted by Crippen LogP contribution is -2.28. The van der Waals surface area contributed by atoms with E-state index in [-0.39, 0.29) is 0 Å². The lowest BCUT2D eigenvalue weighted by Gasteiger charge is -2.12. The van der Waals surface area contributed by atoms with Gasteiger partial charge >= 0.3 is 15.6 Å². The Balaban J connectivity index is 4.40. The standard InChI is InChI=1S/C3H2Cl3F3O3S/c4-2(5,6)1-12-13(10,11)3(7,8)9/h1H2. The number of alkyl halides is 6. The van der Waals surface area contributed by atoms with Crippen molar-refractivity contribution in [1.82, 2.24) is 0 Å². The van der Waals surface area contributed by atoms with Crippen LogP contribution in [0.15, 0.2) is 0 Å². The van der Waals surface area contributed by atoms with Crippen molar-refractivity contribution in [3.05, 3.63) is 0 Å². The molecule has 13 heavy (non-hydrogen) atoms. The topological polar surface area (TPSA) is 43.4 Å². The summed E-state index contributed by atoms with van der Waals surface area (Å²) in [7, 11) is -5.68. The van der Waals surface area contributed by atoms with E-state index in [4.69, 9.17) is 34.8 Å². The van der Waals surface area contributed by atoms with Crippen LogP contribution in [0, 0.1) is 0 Å². The molecule has 0 bridgehead atoms. The first-order valence-electron chi connectivity index (χ1n) is 2.48. The van der Waals surface area contributed by atoms with Gasteiger partial charge in [0.15, 0.2) is 0 Å². The Hall–Kier alpha value is 0.570. The highest BCUT2D eigenvalue weighted by Gasteiger charge is 2.48. The van der Waals surface area contributed by atoms with Crippen LogP contribution in [0.1, 0.15) is 0 Å². The quantitative estimate of drug-likeness (QED) is 0.443. The van der Waals surface area contributed by atoms with Gasteiger partial charge in [-0.05, 0) is 0 Å². The van der Waals surface area contributed by atoms with Gasteiger partial charge in [-0.15, -0.1) is 0 Å². The Kier molecular flexibility index (Phi) is 4.15. The summed E-state index contributed by atoms with van der Waals surface area (Å²) >= 11 is 14.9. The van der Waals surface area contributed by atoms with Gasteiger partial charge < -0.3 is 0 Å². The van der Waals surface area contributed by atoms with Crippen molar-refractivity contribution in [1.29, 1.82) is 0 Å². The normalized spacial score (nSPS) is 14.6. The van der Waals surface area contributed by atoms with Crippen LogP contribution in [-0.2, 0) is 14.3 Å². The minimum Gasteiger partial charge on any atom is -0.259 e. The summed E-state index contributed by atoms with van der Waals surface area (Å²) in [6.07, 6.45) is 0. The SMILES string of the molecule is O=S(=O)(OCC(Cl)(Cl)Cl)C(F)(F)F. The molecule has 80 valence electrons. The summed E-state index contributed by atoms with van der Waals surface area (Å²) in [5.74, 6) is 0. The molecule has 0 N–H and O–H groups in total. The fourth-order valence-corrected chi connectivity index (χ4v) is 1.03. The van der Waals surface area contributed by atoms with Crippen molar-refractivity contribution in [3.8, 4) is 0 Å². The number of hydrogen-bond donors (Lipinski definition) is 0. The summed E-state index contributed by atoms with van der Waals surface area (Å²) in [5, 5.41) is 0. The van der Waals surface area contributed by atoms with E-state index in [2.05, 4.69) is 4.18 Å². The van der Waals surface area contributed by atoms with Crippen molar-refractivity contribution in [2.75, 3.05) is 6.61 Å². The van der Waals surface area contributed by atoms with E-state index >= 15 is 0 Å². The third-order valence-corrected chi connectivity index (χ3v) is 1.98. The molecule has 0 aliphatic carbocycles. The second-order valence-corrected chi connectivity index (χ2v) is 5.90. The Morgan fingerprint density at radius 3 is 1.77 bits per heavy atom. The van der Waals surface area contributed by atoms with E-state index < -0.39 is 26.0 Å². The molecule has 0 saturated heterocycles. The fourth-order valence-electron chi connectivity index (χ4n) is 0.211. The van der Waals surface area contributed by atoms with Crippen LogP contribution in [-0.4, -0.2) is 24.3 Å². The third-order valence-electron chi connectivity index (χ3n) is 0.661. The van der Waals surface area contributed by atoms with Gasteiger partial charge in [-0.25, -0.2) is 0 Å². The molecule has 0 radical (unpaired) electrons. The molecule has 0 amide bonds. The van der Waals surface area contributed by atoms with Gasteiger partial charge in [-0.1, -0.05) is 34.8 Å². The Bertz CT molecular complexity index is 266. The monoisotopic (exact) mass is 280 g/mol. The molecule has 0 unspecified atom stereocenters. The number of hydrogen-bond acceptors (Lipinski definition) is 3. The molecule has 0 spiro atoms. The molecule has 0 atom stereocenters. The van der Waals surface area contributed by atoms with Crippen molar-refractivity contribution in [2.24, 2.45) is 0 Å². The molecular formula is C3H2Cl3F3O3S.